The zero-order chi connectivity index (χ0) is 11.4. The van der Waals surface area contributed by atoms with Crippen LogP contribution in [-0.2, 0) is 6.42 Å². The normalized spacial score (nSPS) is 15.9. The zero-order valence-corrected chi connectivity index (χ0v) is 9.74. The fourth-order valence-corrected chi connectivity index (χ4v) is 1.77. The Morgan fingerprint density at radius 3 is 2.75 bits per heavy atom. The molecule has 0 fully saturated rings. The zero-order valence-electron chi connectivity index (χ0n) is 9.74. The van der Waals surface area contributed by atoms with Gasteiger partial charge in [0.15, 0.2) is 11.5 Å². The Morgan fingerprint density at radius 2 is 2.00 bits per heavy atom. The minimum absolute atomic E-state index is 0.577. The number of fused-ring (bicyclic) bond motifs is 1. The molecule has 88 valence electrons. The van der Waals surface area contributed by atoms with E-state index in [9.17, 15) is 0 Å². The second kappa shape index (κ2) is 5.21. The van der Waals surface area contributed by atoms with Gasteiger partial charge < -0.3 is 15.2 Å². The van der Waals surface area contributed by atoms with Crippen molar-refractivity contribution in [3.8, 4) is 11.5 Å². The van der Waals surface area contributed by atoms with Crippen LogP contribution in [0.1, 0.15) is 18.9 Å². The summed E-state index contributed by atoms with van der Waals surface area (Å²) in [6, 6.07) is 6.19. The van der Waals surface area contributed by atoms with Crippen molar-refractivity contribution in [1.29, 1.82) is 0 Å². The van der Waals surface area contributed by atoms with Gasteiger partial charge in [-0.25, -0.2) is 0 Å². The predicted octanol–water partition coefficient (Wildman–Crippen LogP) is 1.99. The Bertz CT molecular complexity index is 352. The van der Waals surface area contributed by atoms with Crippen molar-refractivity contribution in [2.24, 2.45) is 11.7 Å². The van der Waals surface area contributed by atoms with E-state index in [4.69, 9.17) is 15.2 Å². The lowest BCUT2D eigenvalue weighted by molar-refractivity contribution is 0.171. The molecule has 0 radical (unpaired) electrons. The number of nitrogens with two attached hydrogens (primary N) is 1. The highest BCUT2D eigenvalue weighted by Gasteiger charge is 2.11. The van der Waals surface area contributed by atoms with Crippen LogP contribution in [0.4, 0.5) is 0 Å². The van der Waals surface area contributed by atoms with Crippen molar-refractivity contribution in [1.82, 2.24) is 0 Å². The minimum atomic E-state index is 0.577. The smallest absolute Gasteiger partial charge is 0.161 e. The average molecular weight is 221 g/mol. The maximum atomic E-state index is 5.60. The van der Waals surface area contributed by atoms with Gasteiger partial charge in [0.05, 0.1) is 0 Å². The van der Waals surface area contributed by atoms with Crippen LogP contribution in [0.3, 0.4) is 0 Å². The second-order valence-corrected chi connectivity index (χ2v) is 4.36. The lowest BCUT2D eigenvalue weighted by atomic mass is 10.0. The van der Waals surface area contributed by atoms with Gasteiger partial charge in [-0.2, -0.15) is 0 Å². The maximum Gasteiger partial charge on any atom is 0.161 e. The number of rotatable bonds is 4. The molecule has 0 spiro atoms. The first-order valence-corrected chi connectivity index (χ1v) is 5.88. The molecule has 0 aromatic heterocycles. The lowest BCUT2D eigenvalue weighted by Crippen LogP contribution is -2.15. The summed E-state index contributed by atoms with van der Waals surface area (Å²) in [5.74, 6) is 2.32. The van der Waals surface area contributed by atoms with Crippen LogP contribution < -0.4 is 15.2 Å². The van der Waals surface area contributed by atoms with Gasteiger partial charge in [-0.05, 0) is 43.0 Å². The molecule has 1 aromatic rings. The topological polar surface area (TPSA) is 44.5 Å². The van der Waals surface area contributed by atoms with E-state index in [0.29, 0.717) is 19.1 Å². The van der Waals surface area contributed by atoms with Crippen molar-refractivity contribution in [3.63, 3.8) is 0 Å². The quantitative estimate of drug-likeness (QED) is 0.845. The van der Waals surface area contributed by atoms with Crippen molar-refractivity contribution in [3.05, 3.63) is 23.8 Å². The minimum Gasteiger partial charge on any atom is -0.486 e. The summed E-state index contributed by atoms with van der Waals surface area (Å²) < 4.78 is 11.0. The third kappa shape index (κ3) is 2.67. The molecular formula is C13H19NO2. The fraction of sp³-hybridized carbons (Fsp3) is 0.538. The summed E-state index contributed by atoms with van der Waals surface area (Å²) >= 11 is 0. The number of hydrogen-bond donors (Lipinski definition) is 1. The molecule has 3 nitrogen and oxygen atoms in total. The Labute approximate surface area is 96.5 Å². The summed E-state index contributed by atoms with van der Waals surface area (Å²) in [6.07, 6.45) is 2.17. The standard InChI is InChI=1S/C13H19NO2/c1-10(9-14)2-3-11-4-5-12-13(8-11)16-7-6-15-12/h4-5,8,10H,2-3,6-7,9,14H2,1H3. The van der Waals surface area contributed by atoms with Crippen LogP contribution in [0, 0.1) is 5.92 Å². The van der Waals surface area contributed by atoms with Crippen LogP contribution in [0.25, 0.3) is 0 Å². The molecule has 0 saturated heterocycles. The van der Waals surface area contributed by atoms with Gasteiger partial charge in [-0.15, -0.1) is 0 Å². The van der Waals surface area contributed by atoms with E-state index in [-0.39, 0.29) is 0 Å². The van der Waals surface area contributed by atoms with Crippen molar-refractivity contribution >= 4 is 0 Å². The lowest BCUT2D eigenvalue weighted by Gasteiger charge is -2.19. The Balaban J connectivity index is 2.00. The number of ether oxygens (including phenoxy) is 2. The van der Waals surface area contributed by atoms with Crippen molar-refractivity contribution in [2.75, 3.05) is 19.8 Å². The molecule has 1 aliphatic heterocycles. The Morgan fingerprint density at radius 1 is 1.25 bits per heavy atom. The summed E-state index contributed by atoms with van der Waals surface area (Å²) in [4.78, 5) is 0. The SMILES string of the molecule is CC(CN)CCc1ccc2c(c1)OCCO2. The third-order valence-electron chi connectivity index (χ3n) is 2.93. The number of benzene rings is 1. The Kier molecular flexibility index (Phi) is 3.67. The molecule has 2 rings (SSSR count). The van der Waals surface area contributed by atoms with Crippen molar-refractivity contribution in [2.45, 2.75) is 19.8 Å². The van der Waals surface area contributed by atoms with Gasteiger partial charge in [0.25, 0.3) is 0 Å². The molecular weight excluding hydrogens is 202 g/mol. The summed E-state index contributed by atoms with van der Waals surface area (Å²) in [5.41, 5.74) is 6.90. The largest absolute Gasteiger partial charge is 0.486 e. The van der Waals surface area contributed by atoms with E-state index >= 15 is 0 Å². The molecule has 3 heteroatoms. The molecule has 1 aromatic carbocycles. The van der Waals surface area contributed by atoms with Crippen molar-refractivity contribution < 1.29 is 9.47 Å². The van der Waals surface area contributed by atoms with E-state index in [2.05, 4.69) is 19.1 Å². The van der Waals surface area contributed by atoms with E-state index in [0.717, 1.165) is 30.9 Å². The molecule has 1 atom stereocenters. The van der Waals surface area contributed by atoms with Gasteiger partial charge in [0, 0.05) is 0 Å². The molecule has 0 amide bonds. The van der Waals surface area contributed by atoms with E-state index in [1.807, 2.05) is 6.07 Å². The van der Waals surface area contributed by atoms with Crippen LogP contribution in [0.5, 0.6) is 11.5 Å². The van der Waals surface area contributed by atoms with E-state index in [1.54, 1.807) is 0 Å². The van der Waals surface area contributed by atoms with Crippen LogP contribution >= 0.6 is 0 Å². The predicted molar refractivity (Wildman–Crippen MR) is 64.0 cm³/mol. The first-order valence-electron chi connectivity index (χ1n) is 5.88. The first-order chi connectivity index (χ1) is 7.79. The van der Waals surface area contributed by atoms with Gasteiger partial charge in [0.2, 0.25) is 0 Å². The molecule has 1 heterocycles. The average Bonchev–Trinajstić information content (AvgIpc) is 2.35. The second-order valence-electron chi connectivity index (χ2n) is 4.36. The molecule has 1 unspecified atom stereocenters. The third-order valence-corrected chi connectivity index (χ3v) is 2.93. The van der Waals surface area contributed by atoms with Gasteiger partial charge in [0.1, 0.15) is 13.2 Å². The fourth-order valence-electron chi connectivity index (χ4n) is 1.77. The molecule has 0 bridgehead atoms. The highest BCUT2D eigenvalue weighted by molar-refractivity contribution is 5.43. The summed E-state index contributed by atoms with van der Waals surface area (Å²) in [6.45, 7) is 4.23. The molecule has 0 aliphatic carbocycles. The molecule has 16 heavy (non-hydrogen) atoms. The number of aryl methyl sites for hydroxylation is 1. The van der Waals surface area contributed by atoms with Gasteiger partial charge in [-0.3, -0.25) is 0 Å². The highest BCUT2D eigenvalue weighted by Crippen LogP contribution is 2.31. The molecule has 1 aliphatic rings. The maximum absolute atomic E-state index is 5.60. The van der Waals surface area contributed by atoms with E-state index in [1.165, 1.54) is 5.56 Å². The summed E-state index contributed by atoms with van der Waals surface area (Å²) in [5, 5.41) is 0. The number of hydrogen-bond acceptors (Lipinski definition) is 3. The van der Waals surface area contributed by atoms with Crippen LogP contribution in [0.2, 0.25) is 0 Å². The molecule has 2 N–H and O–H groups in total. The Hall–Kier alpha value is -1.22. The highest BCUT2D eigenvalue weighted by atomic mass is 16.6. The molecule has 0 saturated carbocycles. The monoisotopic (exact) mass is 221 g/mol. The van der Waals surface area contributed by atoms with Crippen LogP contribution in [0.15, 0.2) is 18.2 Å². The van der Waals surface area contributed by atoms with Gasteiger partial charge >= 0.3 is 0 Å². The van der Waals surface area contributed by atoms with Crippen LogP contribution in [-0.4, -0.2) is 19.8 Å². The van der Waals surface area contributed by atoms with Gasteiger partial charge in [-0.1, -0.05) is 13.0 Å². The summed E-state index contributed by atoms with van der Waals surface area (Å²) in [7, 11) is 0. The van der Waals surface area contributed by atoms with E-state index < -0.39 is 0 Å². The first kappa shape index (κ1) is 11.3.